The summed E-state index contributed by atoms with van der Waals surface area (Å²) >= 11 is 0. The van der Waals surface area contributed by atoms with E-state index in [0.717, 1.165) is 19.3 Å². The van der Waals surface area contributed by atoms with Crippen LogP contribution in [0.5, 0.6) is 0 Å². The lowest BCUT2D eigenvalue weighted by Gasteiger charge is -2.24. The Hall–Kier alpha value is -1.06. The number of amides is 1. The Labute approximate surface area is 129 Å². The molecule has 0 heterocycles. The van der Waals surface area contributed by atoms with E-state index < -0.39 is 17.4 Å². The van der Waals surface area contributed by atoms with Gasteiger partial charge in [-0.05, 0) is 12.8 Å². The minimum Gasteiger partial charge on any atom is -0.480 e. The largest absolute Gasteiger partial charge is 0.480 e. The van der Waals surface area contributed by atoms with E-state index in [1.54, 1.807) is 0 Å². The highest BCUT2D eigenvalue weighted by molar-refractivity contribution is 5.86. The Bertz CT molecular complexity index is 313. The van der Waals surface area contributed by atoms with E-state index >= 15 is 0 Å². The number of hydrogen-bond donors (Lipinski definition) is 2. The van der Waals surface area contributed by atoms with E-state index in [9.17, 15) is 14.7 Å². The topological polar surface area (TPSA) is 66.4 Å². The molecule has 1 unspecified atom stereocenters. The first-order chi connectivity index (χ1) is 9.85. The number of carbonyl (C=O) groups is 2. The molecule has 0 aromatic carbocycles. The summed E-state index contributed by atoms with van der Waals surface area (Å²) in [6.45, 7) is 7.81. The Morgan fingerprint density at radius 1 is 1.00 bits per heavy atom. The third kappa shape index (κ3) is 8.74. The lowest BCUT2D eigenvalue weighted by molar-refractivity contribution is -0.143. The van der Waals surface area contributed by atoms with Gasteiger partial charge in [-0.15, -0.1) is 0 Å². The maximum atomic E-state index is 12.0. The Morgan fingerprint density at radius 2 is 1.52 bits per heavy atom. The molecule has 0 radical (unpaired) electrons. The van der Waals surface area contributed by atoms with Gasteiger partial charge < -0.3 is 10.4 Å². The van der Waals surface area contributed by atoms with E-state index in [1.807, 2.05) is 20.8 Å². The number of hydrogen-bond acceptors (Lipinski definition) is 2. The number of aliphatic carboxylic acids is 1. The van der Waals surface area contributed by atoms with Gasteiger partial charge in [0, 0.05) is 5.41 Å². The molecule has 0 rings (SSSR count). The fraction of sp³-hybridized carbons (Fsp3) is 0.882. The van der Waals surface area contributed by atoms with Crippen LogP contribution in [0.4, 0.5) is 0 Å². The third-order valence-electron chi connectivity index (χ3n) is 4.20. The van der Waals surface area contributed by atoms with Crippen LogP contribution >= 0.6 is 0 Å². The zero-order valence-electron chi connectivity index (χ0n) is 14.2. The van der Waals surface area contributed by atoms with Crippen molar-refractivity contribution >= 4 is 11.9 Å². The van der Waals surface area contributed by atoms with Gasteiger partial charge in [0.25, 0.3) is 0 Å². The predicted octanol–water partition coefficient (Wildman–Crippen LogP) is 4.13. The van der Waals surface area contributed by atoms with Gasteiger partial charge in [0.2, 0.25) is 5.91 Å². The van der Waals surface area contributed by atoms with Crippen molar-refractivity contribution in [2.45, 2.75) is 91.5 Å². The van der Waals surface area contributed by atoms with Crippen molar-refractivity contribution in [2.75, 3.05) is 0 Å². The monoisotopic (exact) mass is 299 g/mol. The van der Waals surface area contributed by atoms with E-state index in [-0.39, 0.29) is 5.91 Å². The van der Waals surface area contributed by atoms with Crippen LogP contribution < -0.4 is 5.32 Å². The van der Waals surface area contributed by atoms with E-state index in [2.05, 4.69) is 12.2 Å². The molecule has 0 saturated heterocycles. The molecule has 4 heteroatoms. The molecule has 0 bridgehead atoms. The van der Waals surface area contributed by atoms with Crippen molar-refractivity contribution < 1.29 is 14.7 Å². The van der Waals surface area contributed by atoms with Crippen LogP contribution in [0.3, 0.4) is 0 Å². The molecule has 0 aromatic heterocycles. The molecule has 0 aliphatic carbocycles. The van der Waals surface area contributed by atoms with E-state index in [0.29, 0.717) is 12.8 Å². The van der Waals surface area contributed by atoms with Crippen molar-refractivity contribution in [3.63, 3.8) is 0 Å². The van der Waals surface area contributed by atoms with Crippen molar-refractivity contribution in [3.8, 4) is 0 Å². The smallest absolute Gasteiger partial charge is 0.326 e. The molecule has 1 atom stereocenters. The summed E-state index contributed by atoms with van der Waals surface area (Å²) < 4.78 is 0. The van der Waals surface area contributed by atoms with Crippen LogP contribution in [0, 0.1) is 5.41 Å². The molecule has 1 amide bonds. The van der Waals surface area contributed by atoms with Gasteiger partial charge in [-0.3, -0.25) is 4.79 Å². The molecule has 0 aromatic rings. The molecule has 2 N–H and O–H groups in total. The average Bonchev–Trinajstić information content (AvgIpc) is 2.44. The quantitative estimate of drug-likeness (QED) is 0.532. The number of rotatable bonds is 12. The van der Waals surface area contributed by atoms with Crippen molar-refractivity contribution in [3.05, 3.63) is 0 Å². The highest BCUT2D eigenvalue weighted by Crippen LogP contribution is 2.20. The SMILES string of the molecule is CCCCCCCCCC(NC(=O)C(C)(C)CC)C(=O)O. The minimum atomic E-state index is -0.929. The van der Waals surface area contributed by atoms with Gasteiger partial charge in [-0.25, -0.2) is 4.79 Å². The Kier molecular flexibility index (Phi) is 10.1. The summed E-state index contributed by atoms with van der Waals surface area (Å²) in [6, 6.07) is -0.751. The summed E-state index contributed by atoms with van der Waals surface area (Å²) in [6.07, 6.45) is 9.27. The fourth-order valence-electron chi connectivity index (χ4n) is 2.08. The standard InChI is InChI=1S/C17H33NO3/c1-5-7-8-9-10-11-12-13-14(15(19)20)18-16(21)17(3,4)6-2/h14H,5-13H2,1-4H3,(H,18,21)(H,19,20). The predicted molar refractivity (Wildman–Crippen MR) is 86.2 cm³/mol. The third-order valence-corrected chi connectivity index (χ3v) is 4.20. The van der Waals surface area contributed by atoms with Gasteiger partial charge >= 0.3 is 5.97 Å². The normalized spacial score (nSPS) is 13.0. The second-order valence-electron chi connectivity index (χ2n) is 6.51. The highest BCUT2D eigenvalue weighted by Gasteiger charge is 2.29. The average molecular weight is 299 g/mol. The molecule has 0 aliphatic rings. The van der Waals surface area contributed by atoms with Crippen molar-refractivity contribution in [2.24, 2.45) is 5.41 Å². The van der Waals surface area contributed by atoms with E-state index in [1.165, 1.54) is 25.7 Å². The highest BCUT2D eigenvalue weighted by atomic mass is 16.4. The summed E-state index contributed by atoms with van der Waals surface area (Å²) in [5, 5.41) is 11.9. The van der Waals surface area contributed by atoms with Crippen LogP contribution in [-0.2, 0) is 9.59 Å². The van der Waals surface area contributed by atoms with Crippen LogP contribution in [-0.4, -0.2) is 23.0 Å². The van der Waals surface area contributed by atoms with Crippen LogP contribution in [0.15, 0.2) is 0 Å². The van der Waals surface area contributed by atoms with Crippen LogP contribution in [0.2, 0.25) is 0 Å². The Balaban J connectivity index is 4.04. The lowest BCUT2D eigenvalue weighted by Crippen LogP contribution is -2.46. The first kappa shape index (κ1) is 19.9. The second kappa shape index (κ2) is 10.6. The first-order valence-corrected chi connectivity index (χ1v) is 8.39. The van der Waals surface area contributed by atoms with Gasteiger partial charge in [0.1, 0.15) is 6.04 Å². The number of carbonyl (C=O) groups excluding carboxylic acids is 1. The van der Waals surface area contributed by atoms with Gasteiger partial charge in [-0.1, -0.05) is 72.6 Å². The zero-order valence-corrected chi connectivity index (χ0v) is 14.2. The molecule has 0 spiro atoms. The number of carboxylic acids is 1. The molecule has 0 saturated carbocycles. The van der Waals surface area contributed by atoms with Crippen LogP contribution in [0.25, 0.3) is 0 Å². The zero-order chi connectivity index (χ0) is 16.3. The summed E-state index contributed by atoms with van der Waals surface area (Å²) in [7, 11) is 0. The maximum Gasteiger partial charge on any atom is 0.326 e. The summed E-state index contributed by atoms with van der Waals surface area (Å²) in [4.78, 5) is 23.3. The van der Waals surface area contributed by atoms with E-state index in [4.69, 9.17) is 0 Å². The van der Waals surface area contributed by atoms with Crippen LogP contribution in [0.1, 0.15) is 85.5 Å². The van der Waals surface area contributed by atoms with Gasteiger partial charge in [0.15, 0.2) is 0 Å². The molecular formula is C17H33NO3. The van der Waals surface area contributed by atoms with Gasteiger partial charge in [-0.2, -0.15) is 0 Å². The molecular weight excluding hydrogens is 266 g/mol. The van der Waals surface area contributed by atoms with Crippen molar-refractivity contribution in [1.29, 1.82) is 0 Å². The molecule has 0 fully saturated rings. The fourth-order valence-corrected chi connectivity index (χ4v) is 2.08. The lowest BCUT2D eigenvalue weighted by atomic mass is 9.89. The van der Waals surface area contributed by atoms with Gasteiger partial charge in [0.05, 0.1) is 0 Å². The molecule has 4 nitrogen and oxygen atoms in total. The number of unbranched alkanes of at least 4 members (excludes halogenated alkanes) is 6. The first-order valence-electron chi connectivity index (χ1n) is 8.39. The van der Waals surface area contributed by atoms with Crippen molar-refractivity contribution in [1.82, 2.24) is 5.32 Å². The molecule has 21 heavy (non-hydrogen) atoms. The molecule has 124 valence electrons. The summed E-state index contributed by atoms with van der Waals surface area (Å²) in [5.74, 6) is -1.10. The summed E-state index contributed by atoms with van der Waals surface area (Å²) in [5.41, 5.74) is -0.506. The minimum absolute atomic E-state index is 0.166. The number of nitrogens with one attached hydrogen (secondary N) is 1. The molecule has 0 aliphatic heterocycles. The number of carboxylic acid groups (broad SMARTS) is 1. The Morgan fingerprint density at radius 3 is 2.00 bits per heavy atom. The maximum absolute atomic E-state index is 12.0. The second-order valence-corrected chi connectivity index (χ2v) is 6.51.